The maximum atomic E-state index is 5.09. The second kappa shape index (κ2) is 6.61. The van der Waals surface area contributed by atoms with Crippen molar-refractivity contribution < 1.29 is 4.74 Å². The molecule has 0 aromatic heterocycles. The van der Waals surface area contributed by atoms with Crippen molar-refractivity contribution in [2.75, 3.05) is 40.1 Å². The van der Waals surface area contributed by atoms with Gasteiger partial charge in [0.05, 0.1) is 6.54 Å². The van der Waals surface area contributed by atoms with E-state index in [0.29, 0.717) is 6.04 Å². The molecule has 0 bridgehead atoms. The second-order valence-electron chi connectivity index (χ2n) is 5.26. The summed E-state index contributed by atoms with van der Waals surface area (Å²) in [4.78, 5) is 6.87. The second-order valence-corrected chi connectivity index (χ2v) is 6.27. The molecule has 1 atom stereocenters. The van der Waals surface area contributed by atoms with Gasteiger partial charge < -0.3 is 15.0 Å². The Morgan fingerprint density at radius 1 is 1.53 bits per heavy atom. The molecule has 1 aliphatic rings. The number of hydrogen-bond donors (Lipinski definition) is 1. The number of ether oxygens (including phenoxy) is 1. The average Bonchev–Trinajstić information content (AvgIpc) is 2.71. The predicted molar refractivity (Wildman–Crippen MR) is 75.9 cm³/mol. The Morgan fingerprint density at radius 2 is 2.24 bits per heavy atom. The molecule has 1 aliphatic heterocycles. The van der Waals surface area contributed by atoms with Crippen LogP contribution in [-0.4, -0.2) is 61.8 Å². The van der Waals surface area contributed by atoms with Crippen LogP contribution >= 0.6 is 11.8 Å². The van der Waals surface area contributed by atoms with E-state index in [4.69, 9.17) is 4.74 Å². The number of hydrogen-bond acceptors (Lipinski definition) is 4. The van der Waals surface area contributed by atoms with Crippen molar-refractivity contribution in [3.8, 4) is 0 Å². The van der Waals surface area contributed by atoms with Gasteiger partial charge in [0.25, 0.3) is 0 Å². The van der Waals surface area contributed by atoms with Crippen LogP contribution in [0.25, 0.3) is 0 Å². The van der Waals surface area contributed by atoms with Crippen molar-refractivity contribution >= 4 is 16.9 Å². The molecule has 100 valence electrons. The number of methoxy groups -OCH3 is 1. The van der Waals surface area contributed by atoms with Gasteiger partial charge in [-0.3, -0.25) is 4.99 Å². The van der Waals surface area contributed by atoms with E-state index >= 15 is 0 Å². The summed E-state index contributed by atoms with van der Waals surface area (Å²) in [6.07, 6.45) is 1.06. The summed E-state index contributed by atoms with van der Waals surface area (Å²) in [7, 11) is 5.93. The summed E-state index contributed by atoms with van der Waals surface area (Å²) in [5, 5.41) is 4.54. The minimum atomic E-state index is 0.111. The molecule has 0 aromatic carbocycles. The number of rotatable bonds is 6. The van der Waals surface area contributed by atoms with Crippen LogP contribution in [0, 0.1) is 0 Å². The molecule has 0 aromatic rings. The van der Waals surface area contributed by atoms with E-state index in [-0.39, 0.29) is 5.54 Å². The molecule has 1 unspecified atom stereocenters. The Hall–Kier alpha value is -0.260. The Labute approximate surface area is 109 Å². The van der Waals surface area contributed by atoms with Crippen molar-refractivity contribution in [1.29, 1.82) is 0 Å². The van der Waals surface area contributed by atoms with E-state index in [0.717, 1.165) is 30.5 Å². The monoisotopic (exact) mass is 259 g/mol. The highest BCUT2D eigenvalue weighted by Gasteiger charge is 2.23. The van der Waals surface area contributed by atoms with E-state index in [1.165, 1.54) is 0 Å². The Balaban J connectivity index is 2.38. The van der Waals surface area contributed by atoms with Crippen molar-refractivity contribution in [3.05, 3.63) is 0 Å². The van der Waals surface area contributed by atoms with Crippen LogP contribution in [0.15, 0.2) is 4.99 Å². The molecule has 17 heavy (non-hydrogen) atoms. The van der Waals surface area contributed by atoms with Gasteiger partial charge >= 0.3 is 0 Å². The van der Waals surface area contributed by atoms with E-state index < -0.39 is 0 Å². The maximum absolute atomic E-state index is 5.09. The molecular weight excluding hydrogens is 234 g/mol. The fourth-order valence-electron chi connectivity index (χ4n) is 1.35. The van der Waals surface area contributed by atoms with Gasteiger partial charge in [-0.05, 0) is 34.4 Å². The van der Waals surface area contributed by atoms with Gasteiger partial charge in [-0.25, -0.2) is 0 Å². The van der Waals surface area contributed by atoms with Crippen LogP contribution < -0.4 is 5.32 Å². The normalized spacial score (nSPS) is 23.4. The van der Waals surface area contributed by atoms with Gasteiger partial charge in [0, 0.05) is 31.1 Å². The first-order chi connectivity index (χ1) is 7.95. The Bertz CT molecular complexity index is 266. The molecule has 0 spiro atoms. The fourth-order valence-corrected chi connectivity index (χ4v) is 2.37. The van der Waals surface area contributed by atoms with Crippen molar-refractivity contribution in [2.45, 2.75) is 31.8 Å². The van der Waals surface area contributed by atoms with Crippen molar-refractivity contribution in [1.82, 2.24) is 10.2 Å². The van der Waals surface area contributed by atoms with Gasteiger partial charge in [0.1, 0.15) is 0 Å². The standard InChI is InChI=1S/C12H25N3OS/c1-12(2,15(3)4)9-13-11-14-10(8-17-11)6-7-16-5/h10H,6-9H2,1-5H3,(H,13,14). The van der Waals surface area contributed by atoms with Gasteiger partial charge in [-0.15, -0.1) is 0 Å². The predicted octanol–water partition coefficient (Wildman–Crippen LogP) is 1.42. The van der Waals surface area contributed by atoms with Crippen LogP contribution in [0.5, 0.6) is 0 Å². The third-order valence-corrected chi connectivity index (χ3v) is 4.33. The first kappa shape index (κ1) is 14.8. The highest BCUT2D eigenvalue weighted by Crippen LogP contribution is 2.18. The lowest BCUT2D eigenvalue weighted by molar-refractivity contribution is 0.188. The van der Waals surface area contributed by atoms with Crippen LogP contribution in [0.1, 0.15) is 20.3 Å². The van der Waals surface area contributed by atoms with E-state index in [2.05, 4.69) is 43.2 Å². The number of thioether (sulfide) groups is 1. The summed E-state index contributed by atoms with van der Waals surface area (Å²) < 4.78 is 5.09. The minimum Gasteiger partial charge on any atom is -0.385 e. The first-order valence-corrected chi connectivity index (χ1v) is 7.04. The number of aliphatic imine (C=N–C) groups is 1. The summed E-state index contributed by atoms with van der Waals surface area (Å²) in [5.41, 5.74) is 0.111. The van der Waals surface area contributed by atoms with E-state index in [1.807, 2.05) is 11.8 Å². The molecule has 1 heterocycles. The number of likely N-dealkylation sites (N-methyl/N-ethyl adjacent to an activating group) is 1. The van der Waals surface area contributed by atoms with Crippen molar-refractivity contribution in [2.24, 2.45) is 4.99 Å². The number of amidine groups is 1. The smallest absolute Gasteiger partial charge is 0.156 e. The van der Waals surface area contributed by atoms with Gasteiger partial charge in [-0.1, -0.05) is 11.8 Å². The topological polar surface area (TPSA) is 36.9 Å². The third kappa shape index (κ3) is 4.85. The quantitative estimate of drug-likeness (QED) is 0.783. The van der Waals surface area contributed by atoms with Crippen LogP contribution in [0.2, 0.25) is 0 Å². The molecule has 0 radical (unpaired) electrons. The van der Waals surface area contributed by atoms with Crippen LogP contribution in [-0.2, 0) is 4.74 Å². The Kier molecular flexibility index (Phi) is 5.76. The van der Waals surface area contributed by atoms with Gasteiger partial charge in [0.15, 0.2) is 5.17 Å². The molecule has 4 nitrogen and oxygen atoms in total. The summed E-state index contributed by atoms with van der Waals surface area (Å²) in [6, 6.07) is 0.515. The van der Waals surface area contributed by atoms with Gasteiger partial charge in [0.2, 0.25) is 0 Å². The lowest BCUT2D eigenvalue weighted by Crippen LogP contribution is -2.41. The highest BCUT2D eigenvalue weighted by atomic mass is 32.2. The SMILES string of the molecule is COCCC1CSC(=NCC(C)(C)N(C)C)N1. The van der Waals surface area contributed by atoms with Crippen LogP contribution in [0.4, 0.5) is 0 Å². The third-order valence-electron chi connectivity index (χ3n) is 3.24. The van der Waals surface area contributed by atoms with Crippen molar-refractivity contribution in [3.63, 3.8) is 0 Å². The molecule has 1 N–H and O–H groups in total. The summed E-state index contributed by atoms with van der Waals surface area (Å²) >= 11 is 1.82. The lowest BCUT2D eigenvalue weighted by atomic mass is 10.1. The molecule has 0 aliphatic carbocycles. The van der Waals surface area contributed by atoms with E-state index in [1.54, 1.807) is 7.11 Å². The molecular formula is C12H25N3OS. The lowest BCUT2D eigenvalue weighted by Gasteiger charge is -2.30. The number of nitrogens with zero attached hydrogens (tertiary/aromatic N) is 2. The first-order valence-electron chi connectivity index (χ1n) is 6.06. The molecule has 5 heteroatoms. The molecule has 1 rings (SSSR count). The van der Waals surface area contributed by atoms with Gasteiger partial charge in [-0.2, -0.15) is 0 Å². The van der Waals surface area contributed by atoms with Crippen LogP contribution in [0.3, 0.4) is 0 Å². The summed E-state index contributed by atoms with van der Waals surface area (Å²) in [6.45, 7) is 6.05. The number of nitrogens with one attached hydrogen (secondary N) is 1. The molecule has 0 amide bonds. The largest absolute Gasteiger partial charge is 0.385 e. The zero-order valence-corrected chi connectivity index (χ0v) is 12.4. The fraction of sp³-hybridized carbons (Fsp3) is 0.917. The zero-order chi connectivity index (χ0) is 12.9. The molecule has 1 fully saturated rings. The minimum absolute atomic E-state index is 0.111. The van der Waals surface area contributed by atoms with E-state index in [9.17, 15) is 0 Å². The molecule has 1 saturated heterocycles. The maximum Gasteiger partial charge on any atom is 0.156 e. The average molecular weight is 259 g/mol. The Morgan fingerprint density at radius 3 is 2.82 bits per heavy atom. The highest BCUT2D eigenvalue weighted by molar-refractivity contribution is 8.14. The zero-order valence-electron chi connectivity index (χ0n) is 11.6. The summed E-state index contributed by atoms with van der Waals surface area (Å²) in [5.74, 6) is 1.10. The molecule has 0 saturated carbocycles.